The summed E-state index contributed by atoms with van der Waals surface area (Å²) in [5.41, 5.74) is 0.386. The van der Waals surface area contributed by atoms with Crippen molar-refractivity contribution in [3.63, 3.8) is 0 Å². The lowest BCUT2D eigenvalue weighted by molar-refractivity contribution is -0.143. The lowest BCUT2D eigenvalue weighted by atomic mass is 10.1. The lowest BCUT2D eigenvalue weighted by Crippen LogP contribution is -2.44. The molecule has 1 aromatic heterocycles. The molecule has 0 unspecified atom stereocenters. The summed E-state index contributed by atoms with van der Waals surface area (Å²) in [5.74, 6) is -2.04. The van der Waals surface area contributed by atoms with Crippen molar-refractivity contribution < 1.29 is 23.8 Å². The monoisotopic (exact) mass is 326 g/mol. The Morgan fingerprint density at radius 3 is 2.86 bits per heavy atom. The van der Waals surface area contributed by atoms with Crippen molar-refractivity contribution >= 4 is 34.4 Å². The highest BCUT2D eigenvalue weighted by molar-refractivity contribution is 6.38. The minimum Gasteiger partial charge on any atom is -0.467 e. The van der Waals surface area contributed by atoms with Crippen LogP contribution in [-0.2, 0) is 9.53 Å². The molecule has 0 saturated carbocycles. The van der Waals surface area contributed by atoms with Crippen LogP contribution in [0.25, 0.3) is 10.9 Å². The van der Waals surface area contributed by atoms with Gasteiger partial charge >= 0.3 is 5.97 Å². The highest BCUT2D eigenvalue weighted by Crippen LogP contribution is 2.26. The van der Waals surface area contributed by atoms with Crippen LogP contribution < -0.4 is 5.32 Å². The van der Waals surface area contributed by atoms with E-state index < -0.39 is 30.3 Å². The smallest absolute Gasteiger partial charge is 0.330 e. The van der Waals surface area contributed by atoms with Gasteiger partial charge in [-0.3, -0.25) is 9.78 Å². The fourth-order valence-corrected chi connectivity index (χ4v) is 2.13. The zero-order chi connectivity index (χ0) is 16.3. The van der Waals surface area contributed by atoms with E-state index in [1.54, 1.807) is 0 Å². The largest absolute Gasteiger partial charge is 0.467 e. The highest BCUT2D eigenvalue weighted by Gasteiger charge is 2.23. The molecule has 0 saturated heterocycles. The van der Waals surface area contributed by atoms with Crippen LogP contribution in [0.15, 0.2) is 24.4 Å². The Morgan fingerprint density at radius 1 is 1.50 bits per heavy atom. The van der Waals surface area contributed by atoms with E-state index in [-0.39, 0.29) is 16.0 Å². The summed E-state index contributed by atoms with van der Waals surface area (Å²) in [5, 5.41) is 11.6. The number of benzene rings is 1. The number of amides is 1. The zero-order valence-corrected chi connectivity index (χ0v) is 12.2. The van der Waals surface area contributed by atoms with Crippen LogP contribution in [0.3, 0.4) is 0 Å². The normalized spacial score (nSPS) is 12.0. The van der Waals surface area contributed by atoms with E-state index in [0.717, 1.165) is 13.2 Å². The Kier molecular flexibility index (Phi) is 4.89. The Morgan fingerprint density at radius 2 is 2.23 bits per heavy atom. The fraction of sp³-hybridized carbons (Fsp3) is 0.214. The third-order valence-electron chi connectivity index (χ3n) is 2.98. The number of fused-ring (bicyclic) bond motifs is 1. The van der Waals surface area contributed by atoms with E-state index in [2.05, 4.69) is 15.0 Å². The van der Waals surface area contributed by atoms with Crippen LogP contribution >= 0.6 is 11.6 Å². The molecule has 0 aliphatic rings. The SMILES string of the molecule is COC(=O)[C@H](CO)NC(=O)c1cnc2ccc(F)cc2c1Cl. The summed E-state index contributed by atoms with van der Waals surface area (Å²) in [6.45, 7) is -0.633. The Balaban J connectivity index is 2.36. The quantitative estimate of drug-likeness (QED) is 0.827. The number of nitrogens with zero attached hydrogens (tertiary/aromatic N) is 1. The summed E-state index contributed by atoms with van der Waals surface area (Å²) >= 11 is 6.10. The number of methoxy groups -OCH3 is 1. The molecule has 0 aliphatic carbocycles. The Bertz CT molecular complexity index is 738. The molecule has 1 heterocycles. The molecule has 1 atom stereocenters. The first kappa shape index (κ1) is 16.1. The number of aliphatic hydroxyl groups is 1. The van der Waals surface area contributed by atoms with Crippen LogP contribution in [0, 0.1) is 5.82 Å². The number of hydrogen-bond acceptors (Lipinski definition) is 5. The number of rotatable bonds is 4. The van der Waals surface area contributed by atoms with E-state index in [1.807, 2.05) is 0 Å². The molecule has 116 valence electrons. The maximum Gasteiger partial charge on any atom is 0.330 e. The number of esters is 1. The van der Waals surface area contributed by atoms with Crippen LogP contribution in [0.5, 0.6) is 0 Å². The van der Waals surface area contributed by atoms with Crippen LogP contribution in [0.1, 0.15) is 10.4 Å². The number of hydrogen-bond donors (Lipinski definition) is 2. The minimum atomic E-state index is -1.23. The summed E-state index contributed by atoms with van der Waals surface area (Å²) in [6.07, 6.45) is 1.21. The Hall–Kier alpha value is -2.25. The molecule has 1 amide bonds. The molecule has 8 heteroatoms. The van der Waals surface area contributed by atoms with Crippen molar-refractivity contribution in [2.75, 3.05) is 13.7 Å². The third kappa shape index (κ3) is 3.15. The molecule has 6 nitrogen and oxygen atoms in total. The van der Waals surface area contributed by atoms with Gasteiger partial charge < -0.3 is 15.2 Å². The second kappa shape index (κ2) is 6.67. The third-order valence-corrected chi connectivity index (χ3v) is 3.39. The molecule has 0 fully saturated rings. The van der Waals surface area contributed by atoms with Gasteiger partial charge in [0, 0.05) is 11.6 Å². The van der Waals surface area contributed by atoms with Crippen molar-refractivity contribution in [3.8, 4) is 0 Å². The molecule has 1 aromatic carbocycles. The van der Waals surface area contributed by atoms with E-state index >= 15 is 0 Å². The molecule has 0 aliphatic heterocycles. The van der Waals surface area contributed by atoms with Crippen LogP contribution in [-0.4, -0.2) is 41.7 Å². The van der Waals surface area contributed by atoms with Gasteiger partial charge in [-0.25, -0.2) is 9.18 Å². The average Bonchev–Trinajstić information content (AvgIpc) is 2.52. The van der Waals surface area contributed by atoms with E-state index in [4.69, 9.17) is 16.7 Å². The van der Waals surface area contributed by atoms with Crippen molar-refractivity contribution in [1.82, 2.24) is 10.3 Å². The maximum absolute atomic E-state index is 13.3. The minimum absolute atomic E-state index is 0.00329. The first-order chi connectivity index (χ1) is 10.5. The number of nitrogens with one attached hydrogen (secondary N) is 1. The summed E-state index contributed by atoms with van der Waals surface area (Å²) in [6, 6.07) is 2.59. The number of carbonyl (C=O) groups excluding carboxylic acids is 2. The van der Waals surface area contributed by atoms with Gasteiger partial charge in [0.1, 0.15) is 5.82 Å². The average molecular weight is 327 g/mol. The van der Waals surface area contributed by atoms with Gasteiger partial charge in [0.05, 0.1) is 29.8 Å². The molecule has 2 N–H and O–H groups in total. The zero-order valence-electron chi connectivity index (χ0n) is 11.5. The first-order valence-electron chi connectivity index (χ1n) is 6.21. The topological polar surface area (TPSA) is 88.5 Å². The summed E-state index contributed by atoms with van der Waals surface area (Å²) in [4.78, 5) is 27.5. The van der Waals surface area contributed by atoms with Gasteiger partial charge in [-0.1, -0.05) is 11.6 Å². The molecule has 2 aromatic rings. The number of aromatic nitrogens is 1. The van der Waals surface area contributed by atoms with Gasteiger partial charge in [-0.2, -0.15) is 0 Å². The number of carbonyl (C=O) groups is 2. The van der Waals surface area contributed by atoms with Crippen molar-refractivity contribution in [1.29, 1.82) is 0 Å². The maximum atomic E-state index is 13.3. The molecular formula is C14H12ClFN2O4. The van der Waals surface area contributed by atoms with E-state index in [9.17, 15) is 14.0 Å². The van der Waals surface area contributed by atoms with Gasteiger partial charge in [0.2, 0.25) is 0 Å². The van der Waals surface area contributed by atoms with Gasteiger partial charge in [-0.15, -0.1) is 0 Å². The predicted molar refractivity (Wildman–Crippen MR) is 77.1 cm³/mol. The highest BCUT2D eigenvalue weighted by atomic mass is 35.5. The van der Waals surface area contributed by atoms with Gasteiger partial charge in [0.25, 0.3) is 5.91 Å². The van der Waals surface area contributed by atoms with Crippen molar-refractivity contribution in [2.24, 2.45) is 0 Å². The second-order valence-corrected chi connectivity index (χ2v) is 4.76. The van der Waals surface area contributed by atoms with Gasteiger partial charge in [-0.05, 0) is 18.2 Å². The van der Waals surface area contributed by atoms with Crippen molar-refractivity contribution in [2.45, 2.75) is 6.04 Å². The molecule has 0 bridgehead atoms. The molecule has 0 radical (unpaired) electrons. The predicted octanol–water partition coefficient (Wildman–Crippen LogP) is 1.29. The van der Waals surface area contributed by atoms with E-state index in [1.165, 1.54) is 18.3 Å². The number of pyridine rings is 1. The molecule has 0 spiro atoms. The van der Waals surface area contributed by atoms with Crippen LogP contribution in [0.4, 0.5) is 4.39 Å². The Labute approximate surface area is 129 Å². The van der Waals surface area contributed by atoms with E-state index in [0.29, 0.717) is 5.52 Å². The summed E-state index contributed by atoms with van der Waals surface area (Å²) < 4.78 is 17.7. The van der Waals surface area contributed by atoms with Crippen molar-refractivity contribution in [3.05, 3.63) is 40.8 Å². The fourth-order valence-electron chi connectivity index (χ4n) is 1.85. The van der Waals surface area contributed by atoms with Gasteiger partial charge in [0.15, 0.2) is 6.04 Å². The molecular weight excluding hydrogens is 315 g/mol. The number of halogens is 2. The first-order valence-corrected chi connectivity index (χ1v) is 6.59. The van der Waals surface area contributed by atoms with Crippen LogP contribution in [0.2, 0.25) is 5.02 Å². The second-order valence-electron chi connectivity index (χ2n) is 4.38. The number of aliphatic hydroxyl groups excluding tert-OH is 1. The standard InChI is InChI=1S/C14H12ClFN2O4/c1-22-14(21)11(6-19)18-13(20)9-5-17-10-3-2-7(16)4-8(10)12(9)15/h2-5,11,19H,6H2,1H3,(H,18,20)/t11-/m0/s1. The number of ether oxygens (including phenoxy) is 1. The molecule has 22 heavy (non-hydrogen) atoms. The summed E-state index contributed by atoms with van der Waals surface area (Å²) in [7, 11) is 1.13. The lowest BCUT2D eigenvalue weighted by Gasteiger charge is -2.14. The molecule has 2 rings (SSSR count).